The molecular formula is C10H12ClNO4. The van der Waals surface area contributed by atoms with Crippen LogP contribution in [0.15, 0.2) is 18.2 Å². The summed E-state index contributed by atoms with van der Waals surface area (Å²) in [6.45, 7) is 1.63. The molecule has 0 unspecified atom stereocenters. The van der Waals surface area contributed by atoms with Gasteiger partial charge < -0.3 is 15.9 Å². The lowest BCUT2D eigenvalue weighted by atomic mass is 9.99. The van der Waals surface area contributed by atoms with Crippen LogP contribution in [0.25, 0.3) is 0 Å². The van der Waals surface area contributed by atoms with Gasteiger partial charge in [0.1, 0.15) is 6.04 Å². The van der Waals surface area contributed by atoms with Crippen LogP contribution in [0.5, 0.6) is 0 Å². The molecule has 1 aromatic carbocycles. The van der Waals surface area contributed by atoms with E-state index in [1.54, 1.807) is 6.92 Å². The molecule has 16 heavy (non-hydrogen) atoms. The lowest BCUT2D eigenvalue weighted by Gasteiger charge is -2.10. The molecular weight excluding hydrogens is 234 g/mol. The highest BCUT2D eigenvalue weighted by atomic mass is 35.5. The van der Waals surface area contributed by atoms with Crippen LogP contribution in [-0.2, 0) is 4.79 Å². The summed E-state index contributed by atoms with van der Waals surface area (Å²) in [6.07, 6.45) is 0. The first kappa shape index (κ1) is 14.4. The predicted octanol–water partition coefficient (Wildman–Crippen LogP) is 1.20. The molecule has 0 aliphatic heterocycles. The number of benzene rings is 1. The molecule has 0 saturated heterocycles. The zero-order valence-electron chi connectivity index (χ0n) is 8.51. The lowest BCUT2D eigenvalue weighted by molar-refractivity contribution is -0.138. The zero-order chi connectivity index (χ0) is 11.6. The molecule has 0 heterocycles. The third-order valence-corrected chi connectivity index (χ3v) is 2.12. The number of aryl methyl sites for hydroxylation is 1. The van der Waals surface area contributed by atoms with E-state index in [1.807, 2.05) is 0 Å². The van der Waals surface area contributed by atoms with Gasteiger partial charge >= 0.3 is 11.9 Å². The Balaban J connectivity index is 0.00000225. The van der Waals surface area contributed by atoms with Crippen molar-refractivity contribution in [1.82, 2.24) is 0 Å². The van der Waals surface area contributed by atoms with E-state index >= 15 is 0 Å². The summed E-state index contributed by atoms with van der Waals surface area (Å²) in [5.74, 6) is -2.19. The van der Waals surface area contributed by atoms with Gasteiger partial charge in [-0.05, 0) is 30.2 Å². The van der Waals surface area contributed by atoms with Gasteiger partial charge in [0.2, 0.25) is 0 Å². The van der Waals surface area contributed by atoms with E-state index in [1.165, 1.54) is 18.2 Å². The summed E-state index contributed by atoms with van der Waals surface area (Å²) in [6, 6.07) is 3.05. The van der Waals surface area contributed by atoms with E-state index in [4.69, 9.17) is 15.9 Å². The van der Waals surface area contributed by atoms with Gasteiger partial charge in [-0.3, -0.25) is 4.79 Å². The smallest absolute Gasteiger partial charge is 0.335 e. The van der Waals surface area contributed by atoms with E-state index in [0.29, 0.717) is 11.1 Å². The Labute approximate surface area is 98.3 Å². The Morgan fingerprint density at radius 3 is 2.25 bits per heavy atom. The van der Waals surface area contributed by atoms with E-state index in [2.05, 4.69) is 0 Å². The van der Waals surface area contributed by atoms with Crippen molar-refractivity contribution in [1.29, 1.82) is 0 Å². The molecule has 6 heteroatoms. The minimum Gasteiger partial charge on any atom is -0.480 e. The van der Waals surface area contributed by atoms with Crippen molar-refractivity contribution in [3.8, 4) is 0 Å². The number of hydrogen-bond acceptors (Lipinski definition) is 3. The standard InChI is InChI=1S/C10H11NO4.ClH/c1-5-4-6(9(12)13)2-3-7(5)8(11)10(14)15;/h2-4,8H,11H2,1H3,(H,12,13)(H,14,15);1H/t8-;/m0./s1. The van der Waals surface area contributed by atoms with Crippen LogP contribution in [0.1, 0.15) is 27.5 Å². The first-order valence-electron chi connectivity index (χ1n) is 4.25. The summed E-state index contributed by atoms with van der Waals surface area (Å²) in [7, 11) is 0. The summed E-state index contributed by atoms with van der Waals surface area (Å²) >= 11 is 0. The predicted molar refractivity (Wildman–Crippen MR) is 60.0 cm³/mol. The number of carboxylic acid groups (broad SMARTS) is 2. The minimum absolute atomic E-state index is 0. The topological polar surface area (TPSA) is 101 Å². The minimum atomic E-state index is -1.14. The lowest BCUT2D eigenvalue weighted by Crippen LogP contribution is -2.21. The molecule has 1 aromatic rings. The number of hydrogen-bond donors (Lipinski definition) is 3. The van der Waals surface area contributed by atoms with Crippen LogP contribution in [0.3, 0.4) is 0 Å². The third-order valence-electron chi connectivity index (χ3n) is 2.12. The van der Waals surface area contributed by atoms with Crippen molar-refractivity contribution in [3.63, 3.8) is 0 Å². The molecule has 0 aliphatic rings. The SMILES string of the molecule is Cc1cc(C(=O)O)ccc1[C@H](N)C(=O)O.Cl. The van der Waals surface area contributed by atoms with Crippen molar-refractivity contribution in [2.45, 2.75) is 13.0 Å². The van der Waals surface area contributed by atoms with Gasteiger partial charge in [0.25, 0.3) is 0 Å². The number of aliphatic carboxylic acids is 1. The molecule has 0 spiro atoms. The molecule has 88 valence electrons. The number of carbonyl (C=O) groups is 2. The molecule has 1 rings (SSSR count). The zero-order valence-corrected chi connectivity index (χ0v) is 9.32. The quantitative estimate of drug-likeness (QED) is 0.743. The largest absolute Gasteiger partial charge is 0.480 e. The second-order valence-corrected chi connectivity index (χ2v) is 3.19. The maximum atomic E-state index is 10.6. The summed E-state index contributed by atoms with van der Waals surface area (Å²) in [5.41, 5.74) is 6.52. The van der Waals surface area contributed by atoms with E-state index in [0.717, 1.165) is 0 Å². The summed E-state index contributed by atoms with van der Waals surface area (Å²) < 4.78 is 0. The molecule has 0 fully saturated rings. The first-order valence-corrected chi connectivity index (χ1v) is 4.25. The summed E-state index contributed by atoms with van der Waals surface area (Å²) in [5, 5.41) is 17.4. The van der Waals surface area contributed by atoms with Crippen LogP contribution in [-0.4, -0.2) is 22.2 Å². The number of halogens is 1. The fourth-order valence-electron chi connectivity index (χ4n) is 1.29. The fourth-order valence-corrected chi connectivity index (χ4v) is 1.29. The Bertz CT molecular complexity index is 419. The van der Waals surface area contributed by atoms with Gasteiger partial charge in [-0.25, -0.2) is 4.79 Å². The molecule has 0 amide bonds. The molecule has 0 saturated carbocycles. The fraction of sp³-hybridized carbons (Fsp3) is 0.200. The van der Waals surface area contributed by atoms with Gasteiger partial charge in [0, 0.05) is 0 Å². The second-order valence-electron chi connectivity index (χ2n) is 3.19. The Kier molecular flexibility index (Phi) is 4.94. The maximum Gasteiger partial charge on any atom is 0.335 e. The molecule has 0 aliphatic carbocycles. The van der Waals surface area contributed by atoms with Crippen molar-refractivity contribution in [2.24, 2.45) is 5.73 Å². The van der Waals surface area contributed by atoms with Crippen LogP contribution < -0.4 is 5.73 Å². The van der Waals surface area contributed by atoms with Gasteiger partial charge in [-0.15, -0.1) is 12.4 Å². The van der Waals surface area contributed by atoms with Crippen LogP contribution >= 0.6 is 12.4 Å². The first-order chi connectivity index (χ1) is 6.93. The van der Waals surface area contributed by atoms with Crippen molar-refractivity contribution >= 4 is 24.3 Å². The summed E-state index contributed by atoms with van der Waals surface area (Å²) in [4.78, 5) is 21.3. The van der Waals surface area contributed by atoms with Crippen molar-refractivity contribution in [2.75, 3.05) is 0 Å². The van der Waals surface area contributed by atoms with Gasteiger partial charge in [-0.1, -0.05) is 6.07 Å². The van der Waals surface area contributed by atoms with Crippen molar-refractivity contribution < 1.29 is 19.8 Å². The number of aromatic carboxylic acids is 1. The second kappa shape index (κ2) is 5.48. The Hall–Kier alpha value is -1.59. The van der Waals surface area contributed by atoms with Crippen LogP contribution in [0.4, 0.5) is 0 Å². The maximum absolute atomic E-state index is 10.6. The Morgan fingerprint density at radius 2 is 1.88 bits per heavy atom. The number of carboxylic acids is 2. The highest BCUT2D eigenvalue weighted by molar-refractivity contribution is 5.88. The molecule has 0 aromatic heterocycles. The van der Waals surface area contributed by atoms with E-state index in [9.17, 15) is 9.59 Å². The van der Waals surface area contributed by atoms with Gasteiger partial charge in [-0.2, -0.15) is 0 Å². The molecule has 4 N–H and O–H groups in total. The number of rotatable bonds is 3. The molecule has 5 nitrogen and oxygen atoms in total. The van der Waals surface area contributed by atoms with Crippen LogP contribution in [0.2, 0.25) is 0 Å². The molecule has 0 radical (unpaired) electrons. The van der Waals surface area contributed by atoms with E-state index in [-0.39, 0.29) is 18.0 Å². The highest BCUT2D eigenvalue weighted by Gasteiger charge is 2.17. The van der Waals surface area contributed by atoms with E-state index < -0.39 is 18.0 Å². The third kappa shape index (κ3) is 2.95. The van der Waals surface area contributed by atoms with Gasteiger partial charge in [0.15, 0.2) is 0 Å². The highest BCUT2D eigenvalue weighted by Crippen LogP contribution is 2.17. The van der Waals surface area contributed by atoms with Gasteiger partial charge in [0.05, 0.1) is 5.56 Å². The monoisotopic (exact) mass is 245 g/mol. The average molecular weight is 246 g/mol. The molecule has 0 bridgehead atoms. The average Bonchev–Trinajstić information content (AvgIpc) is 2.16. The Morgan fingerprint density at radius 1 is 1.31 bits per heavy atom. The van der Waals surface area contributed by atoms with Crippen LogP contribution in [0, 0.1) is 6.92 Å². The van der Waals surface area contributed by atoms with Crippen molar-refractivity contribution in [3.05, 3.63) is 34.9 Å². The molecule has 1 atom stereocenters. The number of nitrogens with two attached hydrogens (primary N) is 1. The normalized spacial score (nSPS) is 11.4.